The molecule has 0 bridgehead atoms. The summed E-state index contributed by atoms with van der Waals surface area (Å²) in [6, 6.07) is 21.3. The third-order valence-corrected chi connectivity index (χ3v) is 7.79. The topological polar surface area (TPSA) is 78.8 Å². The van der Waals surface area contributed by atoms with Crippen molar-refractivity contribution in [2.24, 2.45) is 5.10 Å². The summed E-state index contributed by atoms with van der Waals surface area (Å²) in [5.41, 5.74) is 6.54. The summed E-state index contributed by atoms with van der Waals surface area (Å²) in [5, 5.41) is 4.20. The quantitative estimate of drug-likeness (QED) is 0.296. The fourth-order valence-electron chi connectivity index (χ4n) is 3.37. The number of carbonyl (C=O) groups is 1. The Balaban J connectivity index is 1.83. The van der Waals surface area contributed by atoms with E-state index in [9.17, 15) is 13.2 Å². The van der Waals surface area contributed by atoms with E-state index in [4.69, 9.17) is 0 Å². The molecule has 35 heavy (non-hydrogen) atoms. The van der Waals surface area contributed by atoms with E-state index >= 15 is 0 Å². The van der Waals surface area contributed by atoms with Crippen molar-refractivity contribution in [3.63, 3.8) is 0 Å². The molecule has 0 radical (unpaired) electrons. The summed E-state index contributed by atoms with van der Waals surface area (Å²) in [7, 11) is -3.99. The van der Waals surface area contributed by atoms with Crippen molar-refractivity contribution < 1.29 is 13.2 Å². The molecule has 3 rings (SSSR count). The molecule has 184 valence electrons. The molecule has 1 amide bonds. The number of nitrogens with zero attached hydrogens (tertiary/aromatic N) is 2. The van der Waals surface area contributed by atoms with Gasteiger partial charge in [-0.15, -0.1) is 0 Å². The molecule has 0 aliphatic carbocycles. The summed E-state index contributed by atoms with van der Waals surface area (Å²) >= 11 is 3.38. The number of hydrazone groups is 1. The molecule has 3 aromatic carbocycles. The van der Waals surface area contributed by atoms with E-state index in [1.54, 1.807) is 43.3 Å². The molecule has 0 heterocycles. The lowest BCUT2D eigenvalue weighted by Crippen LogP contribution is -2.39. The van der Waals surface area contributed by atoms with E-state index < -0.39 is 22.5 Å². The monoisotopic (exact) mass is 555 g/mol. The minimum Gasteiger partial charge on any atom is -0.271 e. The highest BCUT2D eigenvalue weighted by Gasteiger charge is 2.27. The number of carbonyl (C=O) groups excluding carboxylic acids is 1. The van der Waals surface area contributed by atoms with Crippen LogP contribution in [0.25, 0.3) is 0 Å². The Bertz CT molecular complexity index is 1330. The van der Waals surface area contributed by atoms with Gasteiger partial charge in [0.25, 0.3) is 15.9 Å². The second-order valence-electron chi connectivity index (χ2n) is 9.36. The lowest BCUT2D eigenvalue weighted by Gasteiger charge is -2.24. The Morgan fingerprint density at radius 3 is 2.20 bits per heavy atom. The predicted molar refractivity (Wildman–Crippen MR) is 145 cm³/mol. The van der Waals surface area contributed by atoms with Crippen molar-refractivity contribution in [1.82, 2.24) is 5.43 Å². The Kier molecular flexibility index (Phi) is 8.18. The highest BCUT2D eigenvalue weighted by Crippen LogP contribution is 2.26. The molecule has 0 spiro atoms. The Labute approximate surface area is 216 Å². The minimum atomic E-state index is -3.99. The summed E-state index contributed by atoms with van der Waals surface area (Å²) in [5.74, 6) is -0.550. The summed E-state index contributed by atoms with van der Waals surface area (Å²) in [6.45, 7) is 9.68. The number of hydrogen-bond donors (Lipinski definition) is 1. The number of sulfonamides is 1. The summed E-state index contributed by atoms with van der Waals surface area (Å²) in [6.07, 6.45) is 0. The van der Waals surface area contributed by atoms with Crippen LogP contribution in [0.4, 0.5) is 5.69 Å². The van der Waals surface area contributed by atoms with Crippen molar-refractivity contribution in [2.45, 2.75) is 44.9 Å². The van der Waals surface area contributed by atoms with Crippen molar-refractivity contribution in [3.8, 4) is 0 Å². The van der Waals surface area contributed by atoms with Crippen LogP contribution in [0.15, 0.2) is 87.3 Å². The smallest absolute Gasteiger partial charge is 0.264 e. The average Bonchev–Trinajstić information content (AvgIpc) is 2.80. The van der Waals surface area contributed by atoms with E-state index in [1.807, 2.05) is 31.2 Å². The van der Waals surface area contributed by atoms with Crippen molar-refractivity contribution in [2.75, 3.05) is 10.8 Å². The van der Waals surface area contributed by atoms with Crippen LogP contribution >= 0.6 is 15.9 Å². The maximum Gasteiger partial charge on any atom is 0.264 e. The highest BCUT2D eigenvalue weighted by molar-refractivity contribution is 9.10. The Hall–Kier alpha value is -2.97. The predicted octanol–water partition coefficient (Wildman–Crippen LogP) is 5.79. The molecule has 0 unspecified atom stereocenters. The number of anilines is 1. The summed E-state index contributed by atoms with van der Waals surface area (Å²) < 4.78 is 28.7. The van der Waals surface area contributed by atoms with Gasteiger partial charge in [0, 0.05) is 4.47 Å². The second kappa shape index (κ2) is 10.7. The van der Waals surface area contributed by atoms with Gasteiger partial charge >= 0.3 is 0 Å². The Morgan fingerprint density at radius 2 is 1.63 bits per heavy atom. The van der Waals surface area contributed by atoms with Gasteiger partial charge in [-0.25, -0.2) is 13.8 Å². The zero-order valence-corrected chi connectivity index (χ0v) is 22.9. The van der Waals surface area contributed by atoms with Gasteiger partial charge in [-0.2, -0.15) is 5.10 Å². The first-order valence-electron chi connectivity index (χ1n) is 11.2. The molecule has 8 heteroatoms. The van der Waals surface area contributed by atoms with Crippen molar-refractivity contribution in [1.29, 1.82) is 0 Å². The largest absolute Gasteiger partial charge is 0.271 e. The molecule has 0 saturated carbocycles. The molecular formula is C27H30BrN3O3S. The molecule has 0 atom stereocenters. The number of amides is 1. The standard InChI is InChI=1S/C27H30BrN3O3S/c1-19-9-15-25(16-10-19)35(33,34)31(24-8-6-7-23(28)17-24)18-26(32)30-29-20(2)21-11-13-22(14-12-21)27(3,4)5/h6-17H,18H2,1-5H3,(H,30,32)/b29-20-. The zero-order valence-electron chi connectivity index (χ0n) is 20.5. The van der Waals surface area contributed by atoms with Crippen LogP contribution in [0.2, 0.25) is 0 Å². The van der Waals surface area contributed by atoms with Gasteiger partial charge in [0.2, 0.25) is 0 Å². The molecule has 0 aliphatic heterocycles. The first-order chi connectivity index (χ1) is 16.4. The molecule has 6 nitrogen and oxygen atoms in total. The van der Waals surface area contributed by atoms with Gasteiger partial charge in [-0.3, -0.25) is 9.10 Å². The van der Waals surface area contributed by atoms with E-state index in [0.717, 1.165) is 15.4 Å². The van der Waals surface area contributed by atoms with Gasteiger partial charge in [-0.1, -0.05) is 84.7 Å². The van der Waals surface area contributed by atoms with Gasteiger partial charge in [-0.05, 0) is 60.7 Å². The maximum absolute atomic E-state index is 13.5. The lowest BCUT2D eigenvalue weighted by molar-refractivity contribution is -0.119. The van der Waals surface area contributed by atoms with Crippen LogP contribution < -0.4 is 9.73 Å². The maximum atomic E-state index is 13.5. The van der Waals surface area contributed by atoms with Crippen molar-refractivity contribution >= 4 is 43.3 Å². The third kappa shape index (κ3) is 6.80. The molecule has 0 aromatic heterocycles. The molecule has 3 aromatic rings. The molecule has 0 aliphatic rings. The lowest BCUT2D eigenvalue weighted by atomic mass is 9.86. The SMILES string of the molecule is C/C(=N/NC(=O)CN(c1cccc(Br)c1)S(=O)(=O)c1ccc(C)cc1)c1ccc(C(C)(C)C)cc1. The van der Waals surface area contributed by atoms with Crippen LogP contribution in [0.3, 0.4) is 0 Å². The van der Waals surface area contributed by atoms with E-state index in [-0.39, 0.29) is 10.3 Å². The average molecular weight is 557 g/mol. The van der Waals surface area contributed by atoms with E-state index in [2.05, 4.69) is 47.2 Å². The first-order valence-corrected chi connectivity index (χ1v) is 13.4. The number of nitrogens with one attached hydrogen (secondary N) is 1. The molecule has 1 N–H and O–H groups in total. The number of aryl methyl sites for hydroxylation is 1. The third-order valence-electron chi connectivity index (χ3n) is 5.51. The Morgan fingerprint density at radius 1 is 1.00 bits per heavy atom. The molecular weight excluding hydrogens is 526 g/mol. The number of hydrogen-bond acceptors (Lipinski definition) is 4. The molecule has 0 saturated heterocycles. The fourth-order valence-corrected chi connectivity index (χ4v) is 5.17. The number of rotatable bonds is 7. The van der Waals surface area contributed by atoms with Crippen molar-refractivity contribution in [3.05, 3.63) is 94.0 Å². The zero-order chi connectivity index (χ0) is 25.8. The normalized spacial score (nSPS) is 12.3. The van der Waals surface area contributed by atoms with Gasteiger partial charge in [0.05, 0.1) is 16.3 Å². The van der Waals surface area contributed by atoms with Crippen LogP contribution in [0.1, 0.15) is 44.4 Å². The van der Waals surface area contributed by atoms with Crippen LogP contribution in [-0.4, -0.2) is 26.6 Å². The van der Waals surface area contributed by atoms with Crippen LogP contribution in [0.5, 0.6) is 0 Å². The van der Waals surface area contributed by atoms with E-state index in [0.29, 0.717) is 15.9 Å². The highest BCUT2D eigenvalue weighted by atomic mass is 79.9. The number of benzene rings is 3. The van der Waals surface area contributed by atoms with E-state index in [1.165, 1.54) is 17.7 Å². The minimum absolute atomic E-state index is 0.0383. The molecule has 0 fully saturated rings. The fraction of sp³-hybridized carbons (Fsp3) is 0.259. The van der Waals surface area contributed by atoms with Crippen LogP contribution in [-0.2, 0) is 20.2 Å². The first kappa shape index (κ1) is 26.6. The van der Waals surface area contributed by atoms with Gasteiger partial charge in [0.15, 0.2) is 0 Å². The van der Waals surface area contributed by atoms with Gasteiger partial charge < -0.3 is 0 Å². The number of halogens is 1. The second-order valence-corrected chi connectivity index (χ2v) is 12.1. The van der Waals surface area contributed by atoms with Gasteiger partial charge in [0.1, 0.15) is 6.54 Å². The summed E-state index contributed by atoms with van der Waals surface area (Å²) in [4.78, 5) is 12.9. The van der Waals surface area contributed by atoms with Crippen LogP contribution in [0, 0.1) is 6.92 Å².